The molecule has 0 bridgehead atoms. The van der Waals surface area contributed by atoms with Crippen molar-refractivity contribution in [2.24, 2.45) is 0 Å². The molecule has 25 heavy (non-hydrogen) atoms. The summed E-state index contributed by atoms with van der Waals surface area (Å²) in [5, 5.41) is 11.2. The van der Waals surface area contributed by atoms with Crippen molar-refractivity contribution in [1.82, 2.24) is 0 Å². The number of Topliss-reactive ketones (excluding diaryl/α,β-unsaturated/α-hetero) is 1. The van der Waals surface area contributed by atoms with Crippen molar-refractivity contribution in [3.05, 3.63) is 74.3 Å². The molecule has 0 N–H and O–H groups in total. The van der Waals surface area contributed by atoms with Crippen molar-refractivity contribution in [2.75, 3.05) is 0 Å². The summed E-state index contributed by atoms with van der Waals surface area (Å²) in [6.45, 7) is 3.42. The van der Waals surface area contributed by atoms with Gasteiger partial charge in [0.25, 0.3) is 5.69 Å². The summed E-state index contributed by atoms with van der Waals surface area (Å²) in [5.74, 6) is -1.36. The lowest BCUT2D eigenvalue weighted by Crippen LogP contribution is -2.24. The molecule has 0 aliphatic heterocycles. The molecule has 0 saturated heterocycles. The van der Waals surface area contributed by atoms with E-state index in [0.29, 0.717) is 5.56 Å². The molecule has 7 heteroatoms. The minimum Gasteiger partial charge on any atom is -0.450 e. The Hall–Kier alpha value is -2.73. The molecule has 1 atom stereocenters. The van der Waals surface area contributed by atoms with Gasteiger partial charge in [0.05, 0.1) is 4.92 Å². The largest absolute Gasteiger partial charge is 0.450 e. The molecule has 0 heterocycles. The van der Waals surface area contributed by atoms with E-state index in [1.165, 1.54) is 13.0 Å². The predicted octanol–water partition coefficient (Wildman–Crippen LogP) is 4.24. The number of halogens is 1. The van der Waals surface area contributed by atoms with Crippen molar-refractivity contribution in [3.8, 4) is 0 Å². The van der Waals surface area contributed by atoms with E-state index in [0.717, 1.165) is 24.1 Å². The van der Waals surface area contributed by atoms with Gasteiger partial charge in [-0.25, -0.2) is 4.79 Å². The number of aryl methyl sites for hydroxylation is 1. The van der Waals surface area contributed by atoms with Crippen molar-refractivity contribution < 1.29 is 19.2 Å². The zero-order chi connectivity index (χ0) is 18.6. The molecule has 2 aromatic rings. The van der Waals surface area contributed by atoms with E-state index in [4.69, 9.17) is 16.3 Å². The summed E-state index contributed by atoms with van der Waals surface area (Å²) < 4.78 is 5.10. The molecule has 0 fully saturated rings. The lowest BCUT2D eigenvalue weighted by atomic mass is 10.0. The fraction of sp³-hybridized carbons (Fsp3) is 0.222. The van der Waals surface area contributed by atoms with Gasteiger partial charge in [-0.1, -0.05) is 42.8 Å². The van der Waals surface area contributed by atoms with E-state index in [1.807, 2.05) is 19.1 Å². The van der Waals surface area contributed by atoms with Crippen LogP contribution in [0.4, 0.5) is 5.69 Å². The number of benzene rings is 2. The van der Waals surface area contributed by atoms with Crippen molar-refractivity contribution >= 4 is 29.0 Å². The molecule has 0 aromatic heterocycles. The monoisotopic (exact) mass is 361 g/mol. The quantitative estimate of drug-likeness (QED) is 0.332. The number of carbonyl (C=O) groups is 2. The highest BCUT2D eigenvalue weighted by Gasteiger charge is 2.26. The number of nitro benzene ring substituents is 1. The number of esters is 1. The third-order valence-corrected chi connectivity index (χ3v) is 3.91. The topological polar surface area (TPSA) is 86.5 Å². The molecule has 2 aromatic carbocycles. The average Bonchev–Trinajstić information content (AvgIpc) is 2.60. The third kappa shape index (κ3) is 4.42. The first-order valence-corrected chi connectivity index (χ1v) is 7.99. The van der Waals surface area contributed by atoms with Gasteiger partial charge in [0.15, 0.2) is 6.10 Å². The SMILES string of the molecule is CCc1ccc(C(=O)[C@@H](C)OC(=O)c2cc(Cl)ccc2[N+](=O)[O-])cc1. The Labute approximate surface area is 149 Å². The smallest absolute Gasteiger partial charge is 0.345 e. The van der Waals surface area contributed by atoms with E-state index >= 15 is 0 Å². The van der Waals surface area contributed by atoms with Crippen LogP contribution >= 0.6 is 11.6 Å². The maximum atomic E-state index is 12.4. The third-order valence-electron chi connectivity index (χ3n) is 3.67. The van der Waals surface area contributed by atoms with Gasteiger partial charge in [-0.05, 0) is 31.0 Å². The zero-order valence-corrected chi connectivity index (χ0v) is 14.4. The number of nitro groups is 1. The molecule has 0 aliphatic carbocycles. The van der Waals surface area contributed by atoms with Crippen molar-refractivity contribution in [3.63, 3.8) is 0 Å². The highest BCUT2D eigenvalue weighted by atomic mass is 35.5. The second-order valence-corrected chi connectivity index (χ2v) is 5.82. The number of hydrogen-bond donors (Lipinski definition) is 0. The van der Waals surface area contributed by atoms with Gasteiger partial charge in [-0.2, -0.15) is 0 Å². The second-order valence-electron chi connectivity index (χ2n) is 5.38. The normalized spacial score (nSPS) is 11.6. The minimum atomic E-state index is -1.08. The van der Waals surface area contributed by atoms with Gasteiger partial charge in [-0.15, -0.1) is 0 Å². The summed E-state index contributed by atoms with van der Waals surface area (Å²) in [4.78, 5) is 34.9. The van der Waals surface area contributed by atoms with E-state index in [2.05, 4.69) is 0 Å². The lowest BCUT2D eigenvalue weighted by molar-refractivity contribution is -0.385. The van der Waals surface area contributed by atoms with Crippen LogP contribution in [0.2, 0.25) is 5.02 Å². The van der Waals surface area contributed by atoms with E-state index in [-0.39, 0.29) is 16.4 Å². The highest BCUT2D eigenvalue weighted by molar-refractivity contribution is 6.31. The van der Waals surface area contributed by atoms with E-state index in [9.17, 15) is 19.7 Å². The first kappa shape index (κ1) is 18.6. The van der Waals surface area contributed by atoms with Crippen LogP contribution in [0.25, 0.3) is 0 Å². The van der Waals surface area contributed by atoms with Gasteiger partial charge in [0.1, 0.15) is 5.56 Å². The summed E-state index contributed by atoms with van der Waals surface area (Å²) in [6.07, 6.45) is -0.240. The standard InChI is InChI=1S/C18H16ClNO5/c1-3-12-4-6-13(7-5-12)17(21)11(2)25-18(22)15-10-14(19)8-9-16(15)20(23)24/h4-11H,3H2,1-2H3/t11-/m1/s1. The Bertz CT molecular complexity index is 817. The molecule has 0 amide bonds. The molecule has 0 radical (unpaired) electrons. The van der Waals surface area contributed by atoms with Crippen molar-refractivity contribution in [2.45, 2.75) is 26.4 Å². The number of hydrogen-bond acceptors (Lipinski definition) is 5. The van der Waals surface area contributed by atoms with Crippen LogP contribution in [0.1, 0.15) is 40.1 Å². The van der Waals surface area contributed by atoms with Crippen LogP contribution in [-0.4, -0.2) is 22.8 Å². The Morgan fingerprint density at radius 3 is 2.40 bits per heavy atom. The maximum Gasteiger partial charge on any atom is 0.345 e. The van der Waals surface area contributed by atoms with Crippen LogP contribution in [0.3, 0.4) is 0 Å². The molecule has 0 saturated carbocycles. The molecule has 0 unspecified atom stereocenters. The molecular formula is C18H16ClNO5. The van der Waals surface area contributed by atoms with Crippen LogP contribution in [-0.2, 0) is 11.2 Å². The lowest BCUT2D eigenvalue weighted by Gasteiger charge is -2.13. The van der Waals surface area contributed by atoms with Crippen LogP contribution in [0.15, 0.2) is 42.5 Å². The second kappa shape index (κ2) is 7.90. The van der Waals surface area contributed by atoms with Crippen molar-refractivity contribution in [1.29, 1.82) is 0 Å². The molecule has 6 nitrogen and oxygen atoms in total. The van der Waals surface area contributed by atoms with Crippen LogP contribution in [0, 0.1) is 10.1 Å². The van der Waals surface area contributed by atoms with Crippen LogP contribution in [0.5, 0.6) is 0 Å². The Morgan fingerprint density at radius 1 is 1.20 bits per heavy atom. The fourth-order valence-electron chi connectivity index (χ4n) is 2.25. The summed E-state index contributed by atoms with van der Waals surface area (Å²) in [6, 6.07) is 10.5. The fourth-order valence-corrected chi connectivity index (χ4v) is 2.42. The average molecular weight is 362 g/mol. The van der Waals surface area contributed by atoms with Gasteiger partial charge < -0.3 is 4.74 Å². The van der Waals surface area contributed by atoms with Gasteiger partial charge in [0, 0.05) is 16.7 Å². The Kier molecular flexibility index (Phi) is 5.88. The Balaban J connectivity index is 2.18. The highest BCUT2D eigenvalue weighted by Crippen LogP contribution is 2.24. The summed E-state index contributed by atoms with van der Waals surface area (Å²) >= 11 is 5.79. The predicted molar refractivity (Wildman–Crippen MR) is 93.1 cm³/mol. The summed E-state index contributed by atoms with van der Waals surface area (Å²) in [5.41, 5.74) is 0.758. The first-order chi connectivity index (χ1) is 11.8. The van der Waals surface area contributed by atoms with Gasteiger partial charge in [-0.3, -0.25) is 14.9 Å². The molecule has 0 spiro atoms. The summed E-state index contributed by atoms with van der Waals surface area (Å²) in [7, 11) is 0. The molecule has 0 aliphatic rings. The zero-order valence-electron chi connectivity index (χ0n) is 13.7. The van der Waals surface area contributed by atoms with Crippen LogP contribution < -0.4 is 0 Å². The first-order valence-electron chi connectivity index (χ1n) is 7.61. The molecular weight excluding hydrogens is 346 g/mol. The maximum absolute atomic E-state index is 12.4. The number of ether oxygens (including phenoxy) is 1. The minimum absolute atomic E-state index is 0.159. The number of nitrogens with zero attached hydrogens (tertiary/aromatic N) is 1. The van der Waals surface area contributed by atoms with E-state index < -0.39 is 22.7 Å². The van der Waals surface area contributed by atoms with Gasteiger partial charge in [0.2, 0.25) is 5.78 Å². The molecule has 2 rings (SSSR count). The van der Waals surface area contributed by atoms with Gasteiger partial charge >= 0.3 is 5.97 Å². The number of rotatable bonds is 6. The number of carbonyl (C=O) groups excluding carboxylic acids is 2. The Morgan fingerprint density at radius 2 is 1.84 bits per heavy atom. The molecule has 130 valence electrons. The number of ketones is 1. The van der Waals surface area contributed by atoms with E-state index in [1.54, 1.807) is 12.1 Å².